The first kappa shape index (κ1) is 14.8. The Morgan fingerprint density at radius 1 is 1.32 bits per heavy atom. The van der Waals surface area contributed by atoms with Gasteiger partial charge in [-0.1, -0.05) is 18.2 Å². The van der Waals surface area contributed by atoms with Crippen LogP contribution in [0.5, 0.6) is 5.75 Å². The number of aliphatic hydroxyl groups is 1. The van der Waals surface area contributed by atoms with Crippen LogP contribution in [0.25, 0.3) is 0 Å². The van der Waals surface area contributed by atoms with Gasteiger partial charge in [-0.25, -0.2) is 0 Å². The van der Waals surface area contributed by atoms with Crippen LogP contribution in [0.1, 0.15) is 18.1 Å². The van der Waals surface area contributed by atoms with Gasteiger partial charge >= 0.3 is 0 Å². The van der Waals surface area contributed by atoms with Gasteiger partial charge in [-0.2, -0.15) is 10.5 Å². The summed E-state index contributed by atoms with van der Waals surface area (Å²) < 4.78 is 5.05. The van der Waals surface area contributed by atoms with E-state index in [9.17, 15) is 5.11 Å². The standard InChI is InChI=1S/C15H16N2O2/c1-3-12(8-11(9-16)10-17)15(18)13-4-6-14(19-2)7-5-13/h3-7,11-12,15,18H,1,8H2,2H3/t12-,15+/m0/s1. The minimum Gasteiger partial charge on any atom is -0.497 e. The second kappa shape index (κ2) is 7.20. The largest absolute Gasteiger partial charge is 0.497 e. The van der Waals surface area contributed by atoms with Crippen LogP contribution < -0.4 is 4.74 Å². The summed E-state index contributed by atoms with van der Waals surface area (Å²) in [6, 6.07) is 10.8. The van der Waals surface area contributed by atoms with Crippen molar-refractivity contribution in [3.05, 3.63) is 42.5 Å². The van der Waals surface area contributed by atoms with E-state index in [0.717, 1.165) is 0 Å². The van der Waals surface area contributed by atoms with E-state index in [1.54, 1.807) is 37.5 Å². The third-order valence-corrected chi connectivity index (χ3v) is 2.99. The van der Waals surface area contributed by atoms with E-state index < -0.39 is 12.0 Å². The maximum Gasteiger partial charge on any atom is 0.134 e. The Morgan fingerprint density at radius 3 is 2.32 bits per heavy atom. The molecule has 0 radical (unpaired) electrons. The maximum atomic E-state index is 10.3. The second-order valence-electron chi connectivity index (χ2n) is 4.16. The first-order valence-electron chi connectivity index (χ1n) is 5.90. The van der Waals surface area contributed by atoms with Crippen molar-refractivity contribution in [1.82, 2.24) is 0 Å². The Bertz CT molecular complexity index is 482. The Balaban J connectivity index is 2.83. The van der Waals surface area contributed by atoms with Gasteiger partial charge in [0, 0.05) is 5.92 Å². The fourth-order valence-corrected chi connectivity index (χ4v) is 1.81. The van der Waals surface area contributed by atoms with Gasteiger partial charge in [0.15, 0.2) is 0 Å². The third kappa shape index (κ3) is 3.84. The molecule has 0 unspecified atom stereocenters. The molecule has 0 saturated heterocycles. The zero-order valence-corrected chi connectivity index (χ0v) is 10.8. The van der Waals surface area contributed by atoms with Crippen LogP contribution >= 0.6 is 0 Å². The predicted molar refractivity (Wildman–Crippen MR) is 71.0 cm³/mol. The fourth-order valence-electron chi connectivity index (χ4n) is 1.81. The van der Waals surface area contributed by atoms with Gasteiger partial charge in [0.2, 0.25) is 0 Å². The highest BCUT2D eigenvalue weighted by Gasteiger charge is 2.22. The van der Waals surface area contributed by atoms with Gasteiger partial charge in [-0.05, 0) is 24.1 Å². The Hall–Kier alpha value is -2.30. The molecule has 0 fully saturated rings. The molecule has 0 aromatic heterocycles. The summed E-state index contributed by atoms with van der Waals surface area (Å²) in [5, 5.41) is 27.8. The topological polar surface area (TPSA) is 77.0 Å². The molecule has 0 aliphatic carbocycles. The average Bonchev–Trinajstić information content (AvgIpc) is 2.48. The van der Waals surface area contributed by atoms with Crippen molar-refractivity contribution in [3.63, 3.8) is 0 Å². The van der Waals surface area contributed by atoms with E-state index in [-0.39, 0.29) is 12.3 Å². The van der Waals surface area contributed by atoms with E-state index >= 15 is 0 Å². The number of hydrogen-bond donors (Lipinski definition) is 1. The van der Waals surface area contributed by atoms with E-state index in [4.69, 9.17) is 15.3 Å². The lowest BCUT2D eigenvalue weighted by Crippen LogP contribution is -2.13. The van der Waals surface area contributed by atoms with Crippen molar-refractivity contribution in [2.45, 2.75) is 12.5 Å². The molecule has 1 aromatic rings. The molecule has 0 bridgehead atoms. The molecule has 0 aliphatic heterocycles. The molecular weight excluding hydrogens is 240 g/mol. The van der Waals surface area contributed by atoms with Gasteiger partial charge < -0.3 is 9.84 Å². The highest BCUT2D eigenvalue weighted by Crippen LogP contribution is 2.29. The number of ether oxygens (including phenoxy) is 1. The van der Waals surface area contributed by atoms with Crippen molar-refractivity contribution in [2.75, 3.05) is 7.11 Å². The summed E-state index contributed by atoms with van der Waals surface area (Å²) in [5.41, 5.74) is 0.709. The summed E-state index contributed by atoms with van der Waals surface area (Å²) in [6.45, 7) is 3.66. The molecular formula is C15H16N2O2. The van der Waals surface area contributed by atoms with Gasteiger partial charge in [0.05, 0.1) is 25.4 Å². The zero-order valence-electron chi connectivity index (χ0n) is 10.8. The van der Waals surface area contributed by atoms with E-state index in [0.29, 0.717) is 11.3 Å². The lowest BCUT2D eigenvalue weighted by atomic mass is 9.88. The summed E-state index contributed by atoms with van der Waals surface area (Å²) >= 11 is 0. The molecule has 0 heterocycles. The second-order valence-corrected chi connectivity index (χ2v) is 4.16. The van der Waals surface area contributed by atoms with Crippen LogP contribution in [0.2, 0.25) is 0 Å². The normalized spacial score (nSPS) is 13.1. The molecule has 4 heteroatoms. The van der Waals surface area contributed by atoms with E-state index in [1.807, 2.05) is 12.1 Å². The Morgan fingerprint density at radius 2 is 1.89 bits per heavy atom. The molecule has 19 heavy (non-hydrogen) atoms. The minimum atomic E-state index is -0.785. The first-order valence-corrected chi connectivity index (χ1v) is 5.90. The highest BCUT2D eigenvalue weighted by atomic mass is 16.5. The van der Waals surface area contributed by atoms with Crippen LogP contribution in [0.4, 0.5) is 0 Å². The number of benzene rings is 1. The number of nitriles is 2. The summed E-state index contributed by atoms with van der Waals surface area (Å²) in [4.78, 5) is 0. The average molecular weight is 256 g/mol. The van der Waals surface area contributed by atoms with Crippen LogP contribution in [0.3, 0.4) is 0 Å². The molecule has 0 saturated carbocycles. The highest BCUT2D eigenvalue weighted by molar-refractivity contribution is 5.29. The molecule has 2 atom stereocenters. The van der Waals surface area contributed by atoms with Crippen molar-refractivity contribution >= 4 is 0 Å². The van der Waals surface area contributed by atoms with Gasteiger partial charge in [0.1, 0.15) is 11.7 Å². The molecule has 98 valence electrons. The van der Waals surface area contributed by atoms with Crippen LogP contribution in [-0.4, -0.2) is 12.2 Å². The number of rotatable bonds is 6. The van der Waals surface area contributed by atoms with Gasteiger partial charge in [0.25, 0.3) is 0 Å². The molecule has 1 aromatic carbocycles. The van der Waals surface area contributed by atoms with Gasteiger partial charge in [-0.15, -0.1) is 6.58 Å². The number of hydrogen-bond acceptors (Lipinski definition) is 4. The van der Waals surface area contributed by atoms with Crippen molar-refractivity contribution in [2.24, 2.45) is 11.8 Å². The SMILES string of the molecule is C=C[C@@H](CC(C#N)C#N)[C@@H](O)c1ccc(OC)cc1. The first-order chi connectivity index (χ1) is 9.15. The molecule has 0 spiro atoms. The van der Waals surface area contributed by atoms with Crippen LogP contribution in [0, 0.1) is 34.5 Å². The Labute approximate surface area is 113 Å². The van der Waals surface area contributed by atoms with Crippen LogP contribution in [0.15, 0.2) is 36.9 Å². The van der Waals surface area contributed by atoms with Crippen molar-refractivity contribution < 1.29 is 9.84 Å². The summed E-state index contributed by atoms with van der Waals surface area (Å²) in [5.74, 6) is -0.369. The fraction of sp³-hybridized carbons (Fsp3) is 0.333. The monoisotopic (exact) mass is 256 g/mol. The quantitative estimate of drug-likeness (QED) is 0.793. The Kier molecular flexibility index (Phi) is 5.60. The number of aliphatic hydroxyl groups excluding tert-OH is 1. The summed E-state index contributed by atoms with van der Waals surface area (Å²) in [6.07, 6.45) is 1.06. The zero-order chi connectivity index (χ0) is 14.3. The van der Waals surface area contributed by atoms with Crippen LogP contribution in [-0.2, 0) is 0 Å². The number of methoxy groups -OCH3 is 1. The van der Waals surface area contributed by atoms with Gasteiger partial charge in [-0.3, -0.25) is 0 Å². The molecule has 1 N–H and O–H groups in total. The van der Waals surface area contributed by atoms with Crippen molar-refractivity contribution in [3.8, 4) is 17.9 Å². The summed E-state index contributed by atoms with van der Waals surface area (Å²) in [7, 11) is 1.57. The predicted octanol–water partition coefficient (Wildman–Crippen LogP) is 2.58. The van der Waals surface area contributed by atoms with Crippen molar-refractivity contribution in [1.29, 1.82) is 10.5 Å². The molecule has 0 amide bonds. The van der Waals surface area contributed by atoms with E-state index in [2.05, 4.69) is 6.58 Å². The third-order valence-electron chi connectivity index (χ3n) is 2.99. The molecule has 1 rings (SSSR count). The molecule has 4 nitrogen and oxygen atoms in total. The lowest BCUT2D eigenvalue weighted by Gasteiger charge is -2.20. The minimum absolute atomic E-state index is 0.268. The maximum absolute atomic E-state index is 10.3. The number of nitrogens with zero attached hydrogens (tertiary/aromatic N) is 2. The van der Waals surface area contributed by atoms with E-state index in [1.165, 1.54) is 0 Å². The smallest absolute Gasteiger partial charge is 0.134 e. The molecule has 0 aliphatic rings. The lowest BCUT2D eigenvalue weighted by molar-refractivity contribution is 0.124.